The summed E-state index contributed by atoms with van der Waals surface area (Å²) in [6.45, 7) is 2.04. The largest absolute Gasteiger partial charge is 0.392 e. The summed E-state index contributed by atoms with van der Waals surface area (Å²) in [5.41, 5.74) is 2.38. The summed E-state index contributed by atoms with van der Waals surface area (Å²) in [5, 5.41) is 18.2. The van der Waals surface area contributed by atoms with Crippen LogP contribution in [0, 0.1) is 0 Å². The van der Waals surface area contributed by atoms with Gasteiger partial charge in [-0.25, -0.2) is 0 Å². The van der Waals surface area contributed by atoms with Crippen molar-refractivity contribution in [2.45, 2.75) is 43.7 Å². The number of aryl methyl sites for hydroxylation is 1. The zero-order valence-corrected chi connectivity index (χ0v) is 13.6. The molecule has 2 aromatic rings. The van der Waals surface area contributed by atoms with Crippen molar-refractivity contribution in [3.8, 4) is 0 Å². The number of aromatic nitrogens is 3. The van der Waals surface area contributed by atoms with E-state index in [1.807, 2.05) is 15.5 Å². The average Bonchev–Trinajstić information content (AvgIpc) is 3.21. The predicted molar refractivity (Wildman–Crippen MR) is 88.3 cm³/mol. The Morgan fingerprint density at radius 3 is 2.67 bits per heavy atom. The zero-order valence-electron chi connectivity index (χ0n) is 13.6. The Labute approximate surface area is 141 Å². The van der Waals surface area contributed by atoms with E-state index in [1.165, 1.54) is 11.1 Å². The number of piperidine rings is 1. The number of aliphatic hydroxyl groups excluding tert-OH is 1. The normalized spacial score (nSPS) is 21.9. The van der Waals surface area contributed by atoms with Gasteiger partial charge in [0.2, 0.25) is 5.91 Å². The van der Waals surface area contributed by atoms with Gasteiger partial charge in [0.1, 0.15) is 12.7 Å². The van der Waals surface area contributed by atoms with Crippen LogP contribution in [0.2, 0.25) is 0 Å². The minimum atomic E-state index is -0.329. The van der Waals surface area contributed by atoms with Crippen LogP contribution in [-0.2, 0) is 23.2 Å². The average molecular weight is 326 g/mol. The molecule has 1 aliphatic carbocycles. The second-order valence-corrected chi connectivity index (χ2v) is 6.86. The van der Waals surface area contributed by atoms with Gasteiger partial charge in [0.05, 0.1) is 6.10 Å². The monoisotopic (exact) mass is 326 g/mol. The van der Waals surface area contributed by atoms with Crippen molar-refractivity contribution >= 4 is 5.91 Å². The lowest BCUT2D eigenvalue weighted by molar-refractivity contribution is -0.133. The van der Waals surface area contributed by atoms with Crippen LogP contribution in [0.15, 0.2) is 36.9 Å². The number of aliphatic hydroxyl groups is 1. The van der Waals surface area contributed by atoms with Crippen LogP contribution < -0.4 is 0 Å². The number of amides is 1. The molecular weight excluding hydrogens is 304 g/mol. The molecule has 0 saturated carbocycles. The molecule has 0 unspecified atom stereocenters. The van der Waals surface area contributed by atoms with Crippen LogP contribution in [0.4, 0.5) is 0 Å². The fourth-order valence-electron chi connectivity index (χ4n) is 4.25. The van der Waals surface area contributed by atoms with Crippen LogP contribution in [0.25, 0.3) is 0 Å². The molecule has 1 spiro atoms. The summed E-state index contributed by atoms with van der Waals surface area (Å²) in [4.78, 5) is 14.4. The van der Waals surface area contributed by atoms with E-state index >= 15 is 0 Å². The van der Waals surface area contributed by atoms with Crippen molar-refractivity contribution in [3.63, 3.8) is 0 Å². The molecule has 1 fully saturated rings. The third kappa shape index (κ3) is 2.51. The summed E-state index contributed by atoms with van der Waals surface area (Å²) in [7, 11) is 0. The van der Waals surface area contributed by atoms with E-state index in [1.54, 1.807) is 12.7 Å². The van der Waals surface area contributed by atoms with Gasteiger partial charge in [-0.1, -0.05) is 24.3 Å². The number of nitrogens with zero attached hydrogens (tertiary/aromatic N) is 4. The second-order valence-electron chi connectivity index (χ2n) is 6.86. The van der Waals surface area contributed by atoms with Gasteiger partial charge in [-0.2, -0.15) is 0 Å². The topological polar surface area (TPSA) is 71.2 Å². The van der Waals surface area contributed by atoms with Crippen molar-refractivity contribution in [3.05, 3.63) is 48.0 Å². The first-order valence-electron chi connectivity index (χ1n) is 8.56. The van der Waals surface area contributed by atoms with E-state index < -0.39 is 0 Å². The molecule has 126 valence electrons. The minimum Gasteiger partial charge on any atom is -0.392 e. The summed E-state index contributed by atoms with van der Waals surface area (Å²) in [6, 6.07) is 8.35. The number of carbonyl (C=O) groups excluding carboxylic acids is 1. The second kappa shape index (κ2) is 6.02. The van der Waals surface area contributed by atoms with Crippen LogP contribution >= 0.6 is 0 Å². The molecular formula is C18H22N4O2. The number of likely N-dealkylation sites (tertiary alicyclic amines) is 1. The molecule has 1 N–H and O–H groups in total. The lowest BCUT2D eigenvalue weighted by Gasteiger charge is -2.42. The van der Waals surface area contributed by atoms with E-state index in [9.17, 15) is 9.90 Å². The maximum absolute atomic E-state index is 12.4. The molecule has 0 radical (unpaired) electrons. The minimum absolute atomic E-state index is 0.165. The number of fused-ring (bicyclic) bond motifs is 2. The number of rotatable bonds is 3. The molecule has 1 amide bonds. The quantitative estimate of drug-likeness (QED) is 0.918. The third-order valence-corrected chi connectivity index (χ3v) is 5.66. The van der Waals surface area contributed by atoms with Crippen molar-refractivity contribution in [2.75, 3.05) is 13.1 Å². The molecule has 6 heteroatoms. The van der Waals surface area contributed by atoms with Gasteiger partial charge in [-0.05, 0) is 30.4 Å². The maximum atomic E-state index is 12.4. The highest BCUT2D eigenvalue weighted by molar-refractivity contribution is 5.76. The lowest BCUT2D eigenvalue weighted by Crippen LogP contribution is -2.49. The van der Waals surface area contributed by atoms with Gasteiger partial charge in [-0.15, -0.1) is 10.2 Å². The summed E-state index contributed by atoms with van der Waals surface area (Å²) in [6.07, 6.45) is 5.80. The highest BCUT2D eigenvalue weighted by atomic mass is 16.3. The van der Waals surface area contributed by atoms with Gasteiger partial charge in [-0.3, -0.25) is 4.79 Å². The molecule has 2 aliphatic rings. The molecule has 1 aromatic carbocycles. The molecule has 1 aromatic heterocycles. The zero-order chi connectivity index (χ0) is 16.6. The molecule has 1 atom stereocenters. The Morgan fingerprint density at radius 1 is 1.21 bits per heavy atom. The van der Waals surface area contributed by atoms with E-state index in [-0.39, 0.29) is 17.4 Å². The molecule has 6 nitrogen and oxygen atoms in total. The highest BCUT2D eigenvalue weighted by Gasteiger charge is 2.47. The van der Waals surface area contributed by atoms with Gasteiger partial charge in [0, 0.05) is 31.5 Å². The van der Waals surface area contributed by atoms with Gasteiger partial charge < -0.3 is 14.6 Å². The molecule has 1 saturated heterocycles. The van der Waals surface area contributed by atoms with E-state index in [0.29, 0.717) is 26.1 Å². The Morgan fingerprint density at radius 2 is 1.92 bits per heavy atom. The molecule has 1 aliphatic heterocycles. The predicted octanol–water partition coefficient (Wildman–Crippen LogP) is 1.15. The Bertz CT molecular complexity index is 720. The first-order valence-corrected chi connectivity index (χ1v) is 8.56. The lowest BCUT2D eigenvalue weighted by atomic mass is 9.72. The summed E-state index contributed by atoms with van der Waals surface area (Å²) < 4.78 is 1.82. The van der Waals surface area contributed by atoms with Crippen molar-refractivity contribution in [1.29, 1.82) is 0 Å². The van der Waals surface area contributed by atoms with E-state index in [0.717, 1.165) is 19.3 Å². The van der Waals surface area contributed by atoms with Crippen molar-refractivity contribution in [2.24, 2.45) is 0 Å². The Hall–Kier alpha value is -2.21. The van der Waals surface area contributed by atoms with Crippen LogP contribution in [0.1, 0.15) is 30.4 Å². The number of hydrogen-bond donors (Lipinski definition) is 1. The van der Waals surface area contributed by atoms with E-state index in [2.05, 4.69) is 28.4 Å². The SMILES string of the molecule is O=C(CCn1cnnc1)N1CCC2(CC1)c1ccccc1C[C@H]2O. The first-order chi connectivity index (χ1) is 11.7. The standard InChI is InChI=1S/C18H22N4O2/c23-16-11-14-3-1-2-4-15(14)18(16)6-9-22(10-7-18)17(24)5-8-21-12-19-20-13-21/h1-4,12-13,16,23H,5-11H2/t16-/m1/s1. The fraction of sp³-hybridized carbons (Fsp3) is 0.500. The summed E-state index contributed by atoms with van der Waals surface area (Å²) >= 11 is 0. The molecule has 0 bridgehead atoms. The van der Waals surface area contributed by atoms with Crippen LogP contribution in [0.5, 0.6) is 0 Å². The van der Waals surface area contributed by atoms with Crippen molar-refractivity contribution < 1.29 is 9.90 Å². The molecule has 2 heterocycles. The van der Waals surface area contributed by atoms with Gasteiger partial charge in [0.25, 0.3) is 0 Å². The van der Waals surface area contributed by atoms with Gasteiger partial charge in [0.15, 0.2) is 0 Å². The number of carbonyl (C=O) groups is 1. The maximum Gasteiger partial charge on any atom is 0.224 e. The number of hydrogen-bond acceptors (Lipinski definition) is 4. The Kier molecular flexibility index (Phi) is 3.84. The van der Waals surface area contributed by atoms with Crippen LogP contribution in [0.3, 0.4) is 0 Å². The molecule has 24 heavy (non-hydrogen) atoms. The van der Waals surface area contributed by atoms with E-state index in [4.69, 9.17) is 0 Å². The van der Waals surface area contributed by atoms with Crippen LogP contribution in [-0.4, -0.2) is 49.9 Å². The Balaban J connectivity index is 1.41. The smallest absolute Gasteiger partial charge is 0.224 e. The van der Waals surface area contributed by atoms with Crippen molar-refractivity contribution in [1.82, 2.24) is 19.7 Å². The summed E-state index contributed by atoms with van der Waals surface area (Å²) in [5.74, 6) is 0.166. The van der Waals surface area contributed by atoms with Gasteiger partial charge >= 0.3 is 0 Å². The highest BCUT2D eigenvalue weighted by Crippen LogP contribution is 2.46. The number of benzene rings is 1. The molecule has 4 rings (SSSR count). The fourth-order valence-corrected chi connectivity index (χ4v) is 4.25. The first kappa shape index (κ1) is 15.3. The third-order valence-electron chi connectivity index (χ3n) is 5.66.